The fourth-order valence-corrected chi connectivity index (χ4v) is 4.86. The van der Waals surface area contributed by atoms with Gasteiger partial charge in [-0.2, -0.15) is 0 Å². The molecule has 2 aliphatic carbocycles. The van der Waals surface area contributed by atoms with Crippen molar-refractivity contribution in [2.45, 2.75) is 0 Å². The average Bonchev–Trinajstić information content (AvgIpc) is 3.48. The Balaban J connectivity index is 1.24. The first kappa shape index (κ1) is 23.5. The van der Waals surface area contributed by atoms with Crippen molar-refractivity contribution in [1.29, 1.82) is 0 Å². The summed E-state index contributed by atoms with van der Waals surface area (Å²) in [6.07, 6.45) is 13.0. The molecule has 3 N–H and O–H groups in total. The molecule has 186 valence electrons. The van der Waals surface area contributed by atoms with Crippen molar-refractivity contribution in [3.05, 3.63) is 147 Å². The Hall–Kier alpha value is -4.88. The molecule has 1 unspecified atom stereocenters. The number of pyridine rings is 1. The Morgan fingerprint density at radius 3 is 2.53 bits per heavy atom. The van der Waals surface area contributed by atoms with E-state index < -0.39 is 0 Å². The van der Waals surface area contributed by atoms with E-state index in [-0.39, 0.29) is 23.3 Å². The van der Waals surface area contributed by atoms with E-state index in [0.717, 1.165) is 16.5 Å². The fraction of sp³-hybridized carbons (Fsp3) is 0.0333. The molecule has 4 aromatic rings. The zero-order valence-electron chi connectivity index (χ0n) is 19.9. The standard InChI is InChI=1S/C30H21ClN4O3/c31-24-17-32-25-16-20(10-13-23(24)25)30(38)34-28-22-6-2-1-5-19(22)15-26(28)33-29(37)18-8-11-21(12-9-18)35-14-4-3-7-27(35)36/h1-17,19,32H,(H,33,37)(H,34,38). The van der Waals surface area contributed by atoms with Crippen LogP contribution in [0.25, 0.3) is 16.6 Å². The topological polar surface area (TPSA) is 96.0 Å². The molecule has 0 radical (unpaired) electrons. The molecule has 6 rings (SSSR count). The highest BCUT2D eigenvalue weighted by Crippen LogP contribution is 2.33. The highest BCUT2D eigenvalue weighted by atomic mass is 35.5. The first-order valence-corrected chi connectivity index (χ1v) is 12.3. The van der Waals surface area contributed by atoms with Gasteiger partial charge in [0.05, 0.1) is 16.4 Å². The van der Waals surface area contributed by atoms with Crippen LogP contribution in [0.15, 0.2) is 125 Å². The summed E-state index contributed by atoms with van der Waals surface area (Å²) in [6, 6.07) is 16.9. The number of nitrogens with zero attached hydrogens (tertiary/aromatic N) is 1. The molecule has 2 heterocycles. The van der Waals surface area contributed by atoms with Crippen molar-refractivity contribution in [2.75, 3.05) is 0 Å². The second-order valence-electron chi connectivity index (χ2n) is 8.94. The molecule has 0 fully saturated rings. The quantitative estimate of drug-likeness (QED) is 0.344. The van der Waals surface area contributed by atoms with E-state index in [2.05, 4.69) is 15.6 Å². The number of amides is 2. The number of fused-ring (bicyclic) bond motifs is 2. The minimum atomic E-state index is -0.329. The summed E-state index contributed by atoms with van der Waals surface area (Å²) in [7, 11) is 0. The Labute approximate surface area is 222 Å². The molecule has 2 amide bonds. The highest BCUT2D eigenvalue weighted by Gasteiger charge is 2.27. The third-order valence-corrected chi connectivity index (χ3v) is 6.89. The van der Waals surface area contributed by atoms with Crippen LogP contribution >= 0.6 is 11.6 Å². The van der Waals surface area contributed by atoms with Crippen molar-refractivity contribution in [1.82, 2.24) is 20.2 Å². The van der Waals surface area contributed by atoms with Gasteiger partial charge in [0.2, 0.25) is 0 Å². The maximum Gasteiger partial charge on any atom is 0.255 e. The van der Waals surface area contributed by atoms with Gasteiger partial charge in [-0.15, -0.1) is 0 Å². The second-order valence-corrected chi connectivity index (χ2v) is 9.35. The van der Waals surface area contributed by atoms with Crippen LogP contribution in [0.2, 0.25) is 5.02 Å². The number of allylic oxidation sites excluding steroid dienone is 6. The zero-order valence-corrected chi connectivity index (χ0v) is 20.7. The number of hydrogen-bond acceptors (Lipinski definition) is 3. The van der Waals surface area contributed by atoms with Gasteiger partial charge in [-0.05, 0) is 54.1 Å². The lowest BCUT2D eigenvalue weighted by Crippen LogP contribution is -2.31. The molecule has 0 aliphatic heterocycles. The molecule has 2 aromatic carbocycles. The van der Waals surface area contributed by atoms with Gasteiger partial charge in [0.25, 0.3) is 17.4 Å². The smallest absolute Gasteiger partial charge is 0.255 e. The number of halogens is 1. The van der Waals surface area contributed by atoms with Gasteiger partial charge >= 0.3 is 0 Å². The normalized spacial score (nSPS) is 15.9. The summed E-state index contributed by atoms with van der Waals surface area (Å²) >= 11 is 6.17. The van der Waals surface area contributed by atoms with Crippen LogP contribution in [0.5, 0.6) is 0 Å². The second kappa shape index (κ2) is 9.53. The van der Waals surface area contributed by atoms with Gasteiger partial charge in [-0.25, -0.2) is 0 Å². The number of benzene rings is 2. The van der Waals surface area contributed by atoms with Crippen LogP contribution in [0.4, 0.5) is 0 Å². The molecule has 38 heavy (non-hydrogen) atoms. The molecule has 2 aromatic heterocycles. The van der Waals surface area contributed by atoms with Crippen molar-refractivity contribution >= 4 is 34.3 Å². The number of hydrogen-bond donors (Lipinski definition) is 3. The minimum Gasteiger partial charge on any atom is -0.360 e. The summed E-state index contributed by atoms with van der Waals surface area (Å²) in [5.74, 6) is -0.700. The van der Waals surface area contributed by atoms with Crippen LogP contribution in [-0.4, -0.2) is 21.4 Å². The van der Waals surface area contributed by atoms with Crippen molar-refractivity contribution in [3.63, 3.8) is 0 Å². The maximum atomic E-state index is 13.2. The van der Waals surface area contributed by atoms with Gasteiger partial charge in [-0.1, -0.05) is 48.0 Å². The lowest BCUT2D eigenvalue weighted by Gasteiger charge is -2.15. The molecule has 8 heteroatoms. The Kier molecular flexibility index (Phi) is 5.90. The highest BCUT2D eigenvalue weighted by molar-refractivity contribution is 6.35. The minimum absolute atomic E-state index is 0.0670. The van der Waals surface area contributed by atoms with Crippen LogP contribution in [0.1, 0.15) is 20.7 Å². The molecule has 0 saturated carbocycles. The number of carbonyl (C=O) groups is 2. The summed E-state index contributed by atoms with van der Waals surface area (Å²) in [4.78, 5) is 41.6. The Morgan fingerprint density at radius 2 is 1.71 bits per heavy atom. The molecule has 7 nitrogen and oxygen atoms in total. The molecule has 1 atom stereocenters. The molecule has 0 spiro atoms. The predicted molar refractivity (Wildman–Crippen MR) is 147 cm³/mol. The van der Waals surface area contributed by atoms with Crippen molar-refractivity contribution < 1.29 is 9.59 Å². The molecule has 0 saturated heterocycles. The largest absolute Gasteiger partial charge is 0.360 e. The Morgan fingerprint density at radius 1 is 0.921 bits per heavy atom. The number of aromatic nitrogens is 2. The van der Waals surface area contributed by atoms with E-state index in [1.807, 2.05) is 30.4 Å². The van der Waals surface area contributed by atoms with E-state index in [4.69, 9.17) is 11.6 Å². The fourth-order valence-electron chi connectivity index (χ4n) is 4.64. The summed E-state index contributed by atoms with van der Waals surface area (Å²) in [5, 5.41) is 7.37. The summed E-state index contributed by atoms with van der Waals surface area (Å²) in [6.45, 7) is 0. The monoisotopic (exact) mass is 520 g/mol. The van der Waals surface area contributed by atoms with E-state index in [1.54, 1.807) is 67.0 Å². The van der Waals surface area contributed by atoms with Gasteiger partial charge in [0.15, 0.2) is 0 Å². The van der Waals surface area contributed by atoms with E-state index in [0.29, 0.717) is 33.2 Å². The third kappa shape index (κ3) is 4.29. The first-order valence-electron chi connectivity index (χ1n) is 12.0. The van der Waals surface area contributed by atoms with Crippen LogP contribution in [0, 0.1) is 5.92 Å². The maximum absolute atomic E-state index is 13.2. The van der Waals surface area contributed by atoms with Gasteiger partial charge < -0.3 is 15.6 Å². The lowest BCUT2D eigenvalue weighted by atomic mass is 9.97. The number of aromatic amines is 1. The van der Waals surface area contributed by atoms with Crippen LogP contribution in [0.3, 0.4) is 0 Å². The summed E-state index contributed by atoms with van der Waals surface area (Å²) < 4.78 is 1.50. The number of nitrogens with one attached hydrogen (secondary N) is 3. The zero-order chi connectivity index (χ0) is 26.2. The first-order chi connectivity index (χ1) is 18.5. The third-order valence-electron chi connectivity index (χ3n) is 6.58. The SMILES string of the molecule is O=C(NC1=CC2C=CC=CC2=C1NC(=O)c1ccc2c(Cl)c[nH]c2c1)c1ccc(-n2ccccc2=O)cc1. The predicted octanol–water partition coefficient (Wildman–Crippen LogP) is 5.03. The summed E-state index contributed by atoms with van der Waals surface area (Å²) in [5.41, 5.74) is 4.09. The molecule has 2 aliphatic rings. The number of H-pyrrole nitrogens is 1. The van der Waals surface area contributed by atoms with Crippen molar-refractivity contribution in [2.24, 2.45) is 5.92 Å². The van der Waals surface area contributed by atoms with Gasteiger partial charge in [0.1, 0.15) is 0 Å². The van der Waals surface area contributed by atoms with Gasteiger partial charge in [0, 0.05) is 52.1 Å². The number of carbonyl (C=O) groups excluding carboxylic acids is 2. The molecular weight excluding hydrogens is 500 g/mol. The average molecular weight is 521 g/mol. The Bertz CT molecular complexity index is 1790. The van der Waals surface area contributed by atoms with E-state index in [1.165, 1.54) is 10.6 Å². The van der Waals surface area contributed by atoms with Gasteiger partial charge in [-0.3, -0.25) is 19.0 Å². The molecule has 0 bridgehead atoms. The lowest BCUT2D eigenvalue weighted by molar-refractivity contribution is 0.0948. The number of rotatable bonds is 5. The molecular formula is C30H21ClN4O3. The van der Waals surface area contributed by atoms with E-state index >= 15 is 0 Å². The van der Waals surface area contributed by atoms with E-state index in [9.17, 15) is 14.4 Å². The van der Waals surface area contributed by atoms with Crippen LogP contribution in [-0.2, 0) is 0 Å². The van der Waals surface area contributed by atoms with Crippen molar-refractivity contribution in [3.8, 4) is 5.69 Å². The van der Waals surface area contributed by atoms with Crippen LogP contribution < -0.4 is 16.2 Å².